The fraction of sp³-hybridized carbons (Fsp3) is 0.154. The molecule has 0 spiro atoms. The number of sulfonamides is 1. The van der Waals surface area contributed by atoms with Gasteiger partial charge in [-0.25, -0.2) is 8.42 Å². The highest BCUT2D eigenvalue weighted by Gasteiger charge is 2.19. The largest absolute Gasteiger partial charge is 0.398 e. The van der Waals surface area contributed by atoms with Crippen molar-refractivity contribution >= 4 is 33.0 Å². The predicted molar refractivity (Wildman–Crippen MR) is 83.1 cm³/mol. The molecule has 1 heterocycles. The van der Waals surface area contributed by atoms with Gasteiger partial charge in [-0.1, -0.05) is 11.6 Å². The molecule has 1 aromatic heterocycles. The molecule has 0 fully saturated rings. The monoisotopic (exact) mass is 327 g/mol. The number of nitrogen functional groups attached to an aromatic ring is 1. The molecule has 112 valence electrons. The Kier molecular flexibility index (Phi) is 3.97. The van der Waals surface area contributed by atoms with E-state index >= 15 is 0 Å². The summed E-state index contributed by atoms with van der Waals surface area (Å²) in [5, 5.41) is 0.235. The molecule has 8 heteroatoms. The zero-order chi connectivity index (χ0) is 15.8. The number of anilines is 2. The maximum Gasteiger partial charge on any atom is 0.262 e. The van der Waals surface area contributed by atoms with E-state index in [9.17, 15) is 13.2 Å². The van der Waals surface area contributed by atoms with Crippen LogP contribution in [0, 0.1) is 6.92 Å². The number of aryl methyl sites for hydroxylation is 1. The molecule has 0 aliphatic heterocycles. The Morgan fingerprint density at radius 3 is 2.57 bits per heavy atom. The molecular formula is C13H14ClN3O3S. The van der Waals surface area contributed by atoms with Gasteiger partial charge < -0.3 is 10.3 Å². The van der Waals surface area contributed by atoms with Crippen molar-refractivity contribution in [2.24, 2.45) is 7.05 Å². The zero-order valence-corrected chi connectivity index (χ0v) is 13.0. The molecule has 0 aliphatic carbocycles. The summed E-state index contributed by atoms with van der Waals surface area (Å²) in [7, 11) is -2.32. The standard InChI is InChI=1S/C13H14ClN3O3S/c1-8-11(15)5-9(14)6-12(8)21(19,20)16-10-3-4-13(18)17(2)7-10/h3-7,16H,15H2,1-2H3. The fourth-order valence-corrected chi connectivity index (χ4v) is 3.45. The molecule has 0 aliphatic rings. The van der Waals surface area contributed by atoms with Gasteiger partial charge in [0.15, 0.2) is 0 Å². The number of hydrogen-bond donors (Lipinski definition) is 2. The molecule has 0 amide bonds. The second-order valence-electron chi connectivity index (χ2n) is 4.59. The van der Waals surface area contributed by atoms with Gasteiger partial charge >= 0.3 is 0 Å². The van der Waals surface area contributed by atoms with Crippen molar-refractivity contribution in [1.82, 2.24) is 4.57 Å². The van der Waals surface area contributed by atoms with Crippen molar-refractivity contribution in [2.45, 2.75) is 11.8 Å². The third-order valence-corrected chi connectivity index (χ3v) is 4.72. The average molecular weight is 328 g/mol. The normalized spacial score (nSPS) is 11.4. The second kappa shape index (κ2) is 5.42. The summed E-state index contributed by atoms with van der Waals surface area (Å²) in [6.45, 7) is 1.60. The lowest BCUT2D eigenvalue weighted by Crippen LogP contribution is -2.19. The van der Waals surface area contributed by atoms with E-state index in [1.165, 1.54) is 42.1 Å². The fourth-order valence-electron chi connectivity index (χ4n) is 1.82. The lowest BCUT2D eigenvalue weighted by molar-refractivity contribution is 0.600. The molecule has 2 rings (SSSR count). The molecule has 0 bridgehead atoms. The topological polar surface area (TPSA) is 94.2 Å². The van der Waals surface area contributed by atoms with Gasteiger partial charge in [0.05, 0.1) is 10.6 Å². The summed E-state index contributed by atoms with van der Waals surface area (Å²) in [5.74, 6) is 0. The van der Waals surface area contributed by atoms with Crippen molar-refractivity contribution in [1.29, 1.82) is 0 Å². The smallest absolute Gasteiger partial charge is 0.262 e. The van der Waals surface area contributed by atoms with Crippen molar-refractivity contribution < 1.29 is 8.42 Å². The van der Waals surface area contributed by atoms with E-state index in [0.29, 0.717) is 11.3 Å². The van der Waals surface area contributed by atoms with Gasteiger partial charge in [0.1, 0.15) is 0 Å². The Morgan fingerprint density at radius 1 is 1.29 bits per heavy atom. The first kappa shape index (κ1) is 15.4. The van der Waals surface area contributed by atoms with Crippen LogP contribution in [0.4, 0.5) is 11.4 Å². The van der Waals surface area contributed by atoms with Crippen molar-refractivity contribution in [3.8, 4) is 0 Å². The highest BCUT2D eigenvalue weighted by molar-refractivity contribution is 7.92. The van der Waals surface area contributed by atoms with Crippen LogP contribution >= 0.6 is 11.6 Å². The SMILES string of the molecule is Cc1c(N)cc(Cl)cc1S(=O)(=O)Nc1ccc(=O)n(C)c1. The summed E-state index contributed by atoms with van der Waals surface area (Å²) in [6.07, 6.45) is 1.39. The van der Waals surface area contributed by atoms with Gasteiger partial charge in [0, 0.05) is 30.0 Å². The number of pyridine rings is 1. The van der Waals surface area contributed by atoms with E-state index in [1.54, 1.807) is 6.92 Å². The number of benzene rings is 1. The molecule has 0 unspecified atom stereocenters. The predicted octanol–water partition coefficient (Wildman–Crippen LogP) is 1.73. The van der Waals surface area contributed by atoms with Crippen LogP contribution in [-0.2, 0) is 17.1 Å². The summed E-state index contributed by atoms with van der Waals surface area (Å²) in [5.41, 5.74) is 6.48. The van der Waals surface area contributed by atoms with Gasteiger partial charge in [-0.05, 0) is 30.7 Å². The number of hydrogen-bond acceptors (Lipinski definition) is 4. The van der Waals surface area contributed by atoms with Crippen LogP contribution in [0.15, 0.2) is 40.2 Å². The molecule has 0 radical (unpaired) electrons. The maximum absolute atomic E-state index is 12.4. The minimum absolute atomic E-state index is 0.00125. The number of rotatable bonds is 3. The van der Waals surface area contributed by atoms with Crippen molar-refractivity contribution in [2.75, 3.05) is 10.5 Å². The third-order valence-electron chi connectivity index (χ3n) is 2.99. The van der Waals surface area contributed by atoms with E-state index in [1.807, 2.05) is 0 Å². The zero-order valence-electron chi connectivity index (χ0n) is 11.4. The Morgan fingerprint density at radius 2 is 1.95 bits per heavy atom. The van der Waals surface area contributed by atoms with Gasteiger partial charge in [0.25, 0.3) is 10.0 Å². The molecule has 0 saturated heterocycles. The van der Waals surface area contributed by atoms with Crippen molar-refractivity contribution in [3.63, 3.8) is 0 Å². The average Bonchev–Trinajstić information content (AvgIpc) is 2.37. The van der Waals surface area contributed by atoms with Crippen LogP contribution in [0.25, 0.3) is 0 Å². The first-order valence-corrected chi connectivity index (χ1v) is 7.82. The molecule has 1 aromatic carbocycles. The summed E-state index contributed by atoms with van der Waals surface area (Å²) >= 11 is 5.86. The van der Waals surface area contributed by atoms with Crippen LogP contribution in [0.1, 0.15) is 5.56 Å². The lowest BCUT2D eigenvalue weighted by atomic mass is 10.2. The molecule has 2 aromatic rings. The van der Waals surface area contributed by atoms with E-state index in [2.05, 4.69) is 4.72 Å². The first-order valence-electron chi connectivity index (χ1n) is 5.96. The van der Waals surface area contributed by atoms with Crippen LogP contribution in [0.2, 0.25) is 5.02 Å². The third kappa shape index (κ3) is 3.20. The van der Waals surface area contributed by atoms with Gasteiger partial charge in [-0.3, -0.25) is 9.52 Å². The Hall–Kier alpha value is -1.99. The van der Waals surface area contributed by atoms with Crippen LogP contribution in [0.5, 0.6) is 0 Å². The molecule has 21 heavy (non-hydrogen) atoms. The molecule has 3 N–H and O–H groups in total. The quantitative estimate of drug-likeness (QED) is 0.839. The Bertz CT molecular complexity index is 859. The molecule has 0 saturated carbocycles. The molecule has 0 atom stereocenters. The van der Waals surface area contributed by atoms with Crippen LogP contribution in [-0.4, -0.2) is 13.0 Å². The van der Waals surface area contributed by atoms with Crippen molar-refractivity contribution in [3.05, 3.63) is 51.4 Å². The number of halogens is 1. The number of nitrogens with two attached hydrogens (primary N) is 1. The van der Waals surface area contributed by atoms with Gasteiger partial charge in [-0.15, -0.1) is 0 Å². The summed E-state index contributed by atoms with van der Waals surface area (Å²) in [4.78, 5) is 11.3. The minimum atomic E-state index is -3.85. The summed E-state index contributed by atoms with van der Waals surface area (Å²) in [6, 6.07) is 5.49. The molecule has 6 nitrogen and oxygen atoms in total. The van der Waals surface area contributed by atoms with E-state index in [-0.39, 0.29) is 21.2 Å². The Labute approximate surface area is 127 Å². The minimum Gasteiger partial charge on any atom is -0.398 e. The highest BCUT2D eigenvalue weighted by Crippen LogP contribution is 2.27. The highest BCUT2D eigenvalue weighted by atomic mass is 35.5. The Balaban J connectivity index is 2.48. The lowest BCUT2D eigenvalue weighted by Gasteiger charge is -2.13. The summed E-state index contributed by atoms with van der Waals surface area (Å²) < 4.78 is 28.5. The molecular weight excluding hydrogens is 314 g/mol. The van der Waals surface area contributed by atoms with E-state index < -0.39 is 10.0 Å². The number of nitrogens with one attached hydrogen (secondary N) is 1. The number of nitrogens with zero attached hydrogens (tertiary/aromatic N) is 1. The van der Waals surface area contributed by atoms with E-state index in [0.717, 1.165) is 0 Å². The second-order valence-corrected chi connectivity index (χ2v) is 6.68. The van der Waals surface area contributed by atoms with Gasteiger partial charge in [-0.2, -0.15) is 0 Å². The maximum atomic E-state index is 12.4. The van der Waals surface area contributed by atoms with Gasteiger partial charge in [0.2, 0.25) is 5.56 Å². The number of aromatic nitrogens is 1. The van der Waals surface area contributed by atoms with Crippen LogP contribution < -0.4 is 16.0 Å². The first-order chi connectivity index (χ1) is 9.70. The van der Waals surface area contributed by atoms with E-state index in [4.69, 9.17) is 17.3 Å². The van der Waals surface area contributed by atoms with Crippen LogP contribution in [0.3, 0.4) is 0 Å².